The van der Waals surface area contributed by atoms with Gasteiger partial charge in [0.15, 0.2) is 0 Å². The number of allylic oxidation sites excluding steroid dienone is 2. The molecule has 0 aromatic carbocycles. The van der Waals surface area contributed by atoms with Gasteiger partial charge in [-0.2, -0.15) is 0 Å². The normalized spacial score (nSPS) is 22.9. The molecule has 0 unspecified atom stereocenters. The Kier molecular flexibility index (Phi) is 5.59. The van der Waals surface area contributed by atoms with Crippen LogP contribution in [0.5, 0.6) is 0 Å². The molecule has 20 heavy (non-hydrogen) atoms. The van der Waals surface area contributed by atoms with Gasteiger partial charge < -0.3 is 14.5 Å². The third-order valence-corrected chi connectivity index (χ3v) is 4.02. The molecular formula is C15H24N2O3. The van der Waals surface area contributed by atoms with Gasteiger partial charge in [-0.25, -0.2) is 0 Å². The van der Waals surface area contributed by atoms with Crippen LogP contribution < -0.4 is 0 Å². The molecule has 0 bridgehead atoms. The lowest BCUT2D eigenvalue weighted by atomic mass is 10.0. The molecule has 0 saturated carbocycles. The Balaban J connectivity index is 1.80. The molecule has 1 atom stereocenters. The Morgan fingerprint density at radius 3 is 2.45 bits per heavy atom. The number of methoxy groups -OCH3 is 1. The average molecular weight is 280 g/mol. The zero-order valence-corrected chi connectivity index (χ0v) is 12.2. The molecule has 1 heterocycles. The molecule has 2 aliphatic rings. The topological polar surface area (TPSA) is 49.9 Å². The van der Waals surface area contributed by atoms with Crippen molar-refractivity contribution in [3.8, 4) is 0 Å². The average Bonchev–Trinajstić information content (AvgIpc) is 2.80. The molecule has 5 nitrogen and oxygen atoms in total. The summed E-state index contributed by atoms with van der Waals surface area (Å²) < 4.78 is 4.88. The highest BCUT2D eigenvalue weighted by atomic mass is 16.5. The lowest BCUT2D eigenvalue weighted by molar-refractivity contribution is -0.136. The van der Waals surface area contributed by atoms with E-state index in [0.29, 0.717) is 25.4 Å². The zero-order chi connectivity index (χ0) is 14.4. The van der Waals surface area contributed by atoms with Crippen molar-refractivity contribution in [2.75, 3.05) is 39.9 Å². The fourth-order valence-corrected chi connectivity index (χ4v) is 2.85. The third-order valence-electron chi connectivity index (χ3n) is 4.02. The Labute approximate surface area is 120 Å². The summed E-state index contributed by atoms with van der Waals surface area (Å²) in [6, 6.07) is 0. The molecule has 0 N–H and O–H groups in total. The van der Waals surface area contributed by atoms with Crippen LogP contribution in [-0.4, -0.2) is 61.5 Å². The number of nitrogens with zero attached hydrogens (tertiary/aromatic N) is 2. The number of hydrogen-bond donors (Lipinski definition) is 0. The Morgan fingerprint density at radius 1 is 1.15 bits per heavy atom. The Bertz CT molecular complexity index is 381. The third kappa shape index (κ3) is 4.07. The summed E-state index contributed by atoms with van der Waals surface area (Å²) in [4.78, 5) is 27.8. The molecule has 112 valence electrons. The highest BCUT2D eigenvalue weighted by Crippen LogP contribution is 2.21. The first-order valence-electron chi connectivity index (χ1n) is 7.42. The van der Waals surface area contributed by atoms with Crippen LogP contribution in [0.1, 0.15) is 25.7 Å². The highest BCUT2D eigenvalue weighted by Gasteiger charge is 2.23. The zero-order valence-electron chi connectivity index (χ0n) is 12.2. The summed E-state index contributed by atoms with van der Waals surface area (Å²) in [5, 5.41) is 0. The van der Waals surface area contributed by atoms with Crippen molar-refractivity contribution >= 4 is 11.8 Å². The summed E-state index contributed by atoms with van der Waals surface area (Å²) in [6.07, 6.45) is 7.97. The van der Waals surface area contributed by atoms with Gasteiger partial charge in [-0.3, -0.25) is 9.59 Å². The molecule has 2 rings (SSSR count). The number of carbonyl (C=O) groups is 2. The lowest BCUT2D eigenvalue weighted by Crippen LogP contribution is -2.39. The minimum Gasteiger partial charge on any atom is -0.375 e. The van der Waals surface area contributed by atoms with E-state index < -0.39 is 0 Å². The molecular weight excluding hydrogens is 256 g/mol. The number of rotatable bonds is 4. The predicted octanol–water partition coefficient (Wildman–Crippen LogP) is 1.05. The Morgan fingerprint density at radius 2 is 1.85 bits per heavy atom. The first-order valence-corrected chi connectivity index (χ1v) is 7.42. The number of amides is 2. The van der Waals surface area contributed by atoms with E-state index in [1.807, 2.05) is 4.90 Å². The van der Waals surface area contributed by atoms with E-state index in [1.165, 1.54) is 7.11 Å². The van der Waals surface area contributed by atoms with Crippen LogP contribution >= 0.6 is 0 Å². The van der Waals surface area contributed by atoms with Gasteiger partial charge in [0, 0.05) is 39.7 Å². The summed E-state index contributed by atoms with van der Waals surface area (Å²) in [5.41, 5.74) is 0. The fourth-order valence-electron chi connectivity index (χ4n) is 2.85. The first-order chi connectivity index (χ1) is 9.70. The molecule has 1 aliphatic heterocycles. The van der Waals surface area contributed by atoms with Gasteiger partial charge in [-0.05, 0) is 25.2 Å². The van der Waals surface area contributed by atoms with Crippen LogP contribution in [0.3, 0.4) is 0 Å². The fraction of sp³-hybridized carbons (Fsp3) is 0.733. The number of ether oxygens (including phenoxy) is 1. The minimum atomic E-state index is 0.0144. The molecule has 1 saturated heterocycles. The van der Waals surface area contributed by atoms with Crippen LogP contribution in [0.15, 0.2) is 12.2 Å². The van der Waals surface area contributed by atoms with Crippen molar-refractivity contribution in [2.45, 2.75) is 25.7 Å². The van der Waals surface area contributed by atoms with E-state index in [0.717, 1.165) is 32.4 Å². The summed E-state index contributed by atoms with van der Waals surface area (Å²) >= 11 is 0. The van der Waals surface area contributed by atoms with E-state index in [-0.39, 0.29) is 18.4 Å². The van der Waals surface area contributed by atoms with Gasteiger partial charge in [-0.1, -0.05) is 12.2 Å². The summed E-state index contributed by atoms with van der Waals surface area (Å²) in [5.74, 6) is 0.653. The molecule has 0 aromatic heterocycles. The largest absolute Gasteiger partial charge is 0.375 e. The van der Waals surface area contributed by atoms with Crippen molar-refractivity contribution in [1.82, 2.24) is 9.80 Å². The van der Waals surface area contributed by atoms with Gasteiger partial charge in [0.2, 0.25) is 11.8 Å². The SMILES string of the molecule is COCC(=O)N1CCCN(C(=O)C[C@H]2C=CCC2)CC1. The maximum Gasteiger partial charge on any atom is 0.248 e. The second kappa shape index (κ2) is 7.43. The maximum atomic E-state index is 12.3. The van der Waals surface area contributed by atoms with Crippen LogP contribution in [0.4, 0.5) is 0 Å². The second-order valence-electron chi connectivity index (χ2n) is 5.52. The summed E-state index contributed by atoms with van der Waals surface area (Å²) in [6.45, 7) is 2.86. The van der Waals surface area contributed by atoms with Crippen molar-refractivity contribution in [3.05, 3.63) is 12.2 Å². The van der Waals surface area contributed by atoms with Gasteiger partial charge in [0.1, 0.15) is 6.61 Å². The van der Waals surface area contributed by atoms with E-state index in [1.54, 1.807) is 4.90 Å². The lowest BCUT2D eigenvalue weighted by Gasteiger charge is -2.23. The van der Waals surface area contributed by atoms with Gasteiger partial charge >= 0.3 is 0 Å². The van der Waals surface area contributed by atoms with Crippen molar-refractivity contribution < 1.29 is 14.3 Å². The molecule has 2 amide bonds. The van der Waals surface area contributed by atoms with Crippen molar-refractivity contribution in [2.24, 2.45) is 5.92 Å². The van der Waals surface area contributed by atoms with E-state index >= 15 is 0 Å². The molecule has 0 radical (unpaired) electrons. The molecule has 5 heteroatoms. The minimum absolute atomic E-state index is 0.0144. The maximum absolute atomic E-state index is 12.3. The molecule has 1 fully saturated rings. The summed E-state index contributed by atoms with van der Waals surface area (Å²) in [7, 11) is 1.53. The van der Waals surface area contributed by atoms with Crippen LogP contribution in [0.2, 0.25) is 0 Å². The molecule has 0 aromatic rings. The van der Waals surface area contributed by atoms with E-state index in [4.69, 9.17) is 4.74 Å². The van der Waals surface area contributed by atoms with Crippen LogP contribution in [0.25, 0.3) is 0 Å². The number of carbonyl (C=O) groups excluding carboxylic acids is 2. The van der Waals surface area contributed by atoms with E-state index in [9.17, 15) is 9.59 Å². The molecule has 0 spiro atoms. The quantitative estimate of drug-likeness (QED) is 0.723. The van der Waals surface area contributed by atoms with E-state index in [2.05, 4.69) is 12.2 Å². The Hall–Kier alpha value is -1.36. The molecule has 1 aliphatic carbocycles. The predicted molar refractivity (Wildman–Crippen MR) is 76.1 cm³/mol. The van der Waals surface area contributed by atoms with Gasteiger partial charge in [0.05, 0.1) is 0 Å². The van der Waals surface area contributed by atoms with Crippen molar-refractivity contribution in [3.63, 3.8) is 0 Å². The number of hydrogen-bond acceptors (Lipinski definition) is 3. The monoisotopic (exact) mass is 280 g/mol. The second-order valence-corrected chi connectivity index (χ2v) is 5.52. The standard InChI is InChI=1S/C15H24N2O3/c1-20-12-15(19)17-8-4-7-16(9-10-17)14(18)11-13-5-2-3-6-13/h2,5,13H,3-4,6-12H2,1H3/t13-/m0/s1. The van der Waals surface area contributed by atoms with Gasteiger partial charge in [0.25, 0.3) is 0 Å². The highest BCUT2D eigenvalue weighted by molar-refractivity contribution is 5.78. The van der Waals surface area contributed by atoms with Crippen molar-refractivity contribution in [1.29, 1.82) is 0 Å². The van der Waals surface area contributed by atoms with Crippen LogP contribution in [0, 0.1) is 5.92 Å². The first kappa shape index (κ1) is 15.0. The van der Waals surface area contributed by atoms with Crippen LogP contribution in [-0.2, 0) is 14.3 Å². The smallest absolute Gasteiger partial charge is 0.248 e. The van der Waals surface area contributed by atoms with Gasteiger partial charge in [-0.15, -0.1) is 0 Å².